The van der Waals surface area contributed by atoms with Crippen LogP contribution in [0.15, 0.2) is 0 Å². The molecule has 0 aliphatic carbocycles. The lowest BCUT2D eigenvalue weighted by molar-refractivity contribution is 0.0277. The highest BCUT2D eigenvalue weighted by molar-refractivity contribution is 5.68. The van der Waals surface area contributed by atoms with Gasteiger partial charge < -0.3 is 14.4 Å². The van der Waals surface area contributed by atoms with E-state index in [4.69, 9.17) is 9.47 Å². The molecule has 2 saturated heterocycles. The summed E-state index contributed by atoms with van der Waals surface area (Å²) in [4.78, 5) is 16.2. The highest BCUT2D eigenvalue weighted by atomic mass is 16.6. The van der Waals surface area contributed by atoms with Crippen LogP contribution in [-0.2, 0) is 9.47 Å². The molecule has 2 heterocycles. The number of hydrogen-bond acceptors (Lipinski definition) is 4. The summed E-state index contributed by atoms with van der Waals surface area (Å²) in [7, 11) is 2.14. The second kappa shape index (κ2) is 5.67. The van der Waals surface area contributed by atoms with Crippen LogP contribution in [0.3, 0.4) is 0 Å². The van der Waals surface area contributed by atoms with Crippen molar-refractivity contribution in [3.63, 3.8) is 0 Å². The molecule has 0 aromatic rings. The Labute approximate surface area is 115 Å². The molecule has 1 amide bonds. The fraction of sp³-hybridized carbons (Fsp3) is 0.929. The highest BCUT2D eigenvalue weighted by Crippen LogP contribution is 2.22. The van der Waals surface area contributed by atoms with E-state index in [1.807, 2.05) is 25.7 Å². The molecule has 2 aliphatic heterocycles. The standard InChI is InChI=1S/C14H26N2O3/c1-14(2,3)19-13(17)16-7-5-11(9-16)15(4)12-6-8-18-10-12/h11-12H,5-10H2,1-4H3/t11-,12?/m0/s1. The van der Waals surface area contributed by atoms with Gasteiger partial charge in [-0.3, -0.25) is 4.90 Å². The van der Waals surface area contributed by atoms with Gasteiger partial charge in [0.25, 0.3) is 0 Å². The van der Waals surface area contributed by atoms with E-state index in [1.54, 1.807) is 0 Å². The largest absolute Gasteiger partial charge is 0.444 e. The first kappa shape index (κ1) is 14.6. The Kier molecular flexibility index (Phi) is 4.36. The van der Waals surface area contributed by atoms with E-state index in [9.17, 15) is 4.79 Å². The number of likely N-dealkylation sites (N-methyl/N-ethyl adjacent to an activating group) is 1. The number of nitrogens with zero attached hydrogens (tertiary/aromatic N) is 2. The zero-order valence-electron chi connectivity index (χ0n) is 12.5. The maximum Gasteiger partial charge on any atom is 0.410 e. The number of ether oxygens (including phenoxy) is 2. The van der Waals surface area contributed by atoms with E-state index in [0.717, 1.165) is 39.1 Å². The highest BCUT2D eigenvalue weighted by Gasteiger charge is 2.34. The van der Waals surface area contributed by atoms with Crippen LogP contribution in [0.1, 0.15) is 33.6 Å². The maximum atomic E-state index is 12.0. The average molecular weight is 270 g/mol. The van der Waals surface area contributed by atoms with Crippen molar-refractivity contribution in [2.24, 2.45) is 0 Å². The molecule has 2 atom stereocenters. The molecule has 0 spiro atoms. The Balaban J connectivity index is 1.83. The Bertz CT molecular complexity index is 321. The van der Waals surface area contributed by atoms with E-state index in [0.29, 0.717) is 12.1 Å². The number of carbonyl (C=O) groups excluding carboxylic acids is 1. The molecule has 5 heteroatoms. The van der Waals surface area contributed by atoms with Crippen molar-refractivity contribution in [1.82, 2.24) is 9.80 Å². The summed E-state index contributed by atoms with van der Waals surface area (Å²) < 4.78 is 10.9. The van der Waals surface area contributed by atoms with Gasteiger partial charge in [-0.1, -0.05) is 0 Å². The first-order valence-corrected chi connectivity index (χ1v) is 7.14. The van der Waals surface area contributed by atoms with Gasteiger partial charge >= 0.3 is 6.09 Å². The molecule has 0 aromatic heterocycles. The topological polar surface area (TPSA) is 42.0 Å². The summed E-state index contributed by atoms with van der Waals surface area (Å²) in [6.45, 7) is 8.94. The second-order valence-corrected chi connectivity index (χ2v) is 6.55. The van der Waals surface area contributed by atoms with Gasteiger partial charge in [0, 0.05) is 31.8 Å². The molecule has 0 N–H and O–H groups in total. The first-order valence-electron chi connectivity index (χ1n) is 7.14. The van der Waals surface area contributed by atoms with Crippen LogP contribution < -0.4 is 0 Å². The molecule has 2 fully saturated rings. The van der Waals surface area contributed by atoms with Crippen molar-refractivity contribution < 1.29 is 14.3 Å². The molecule has 5 nitrogen and oxygen atoms in total. The molecule has 0 saturated carbocycles. The summed E-state index contributed by atoms with van der Waals surface area (Å²) in [5.74, 6) is 0. The van der Waals surface area contributed by atoms with Crippen molar-refractivity contribution >= 4 is 6.09 Å². The number of rotatable bonds is 2. The lowest BCUT2D eigenvalue weighted by Gasteiger charge is -2.30. The minimum Gasteiger partial charge on any atom is -0.444 e. The molecule has 0 aromatic carbocycles. The van der Waals surface area contributed by atoms with Crippen molar-refractivity contribution in [1.29, 1.82) is 0 Å². The summed E-state index contributed by atoms with van der Waals surface area (Å²) in [5, 5.41) is 0. The minimum atomic E-state index is -0.416. The van der Waals surface area contributed by atoms with Crippen LogP contribution in [0.2, 0.25) is 0 Å². The predicted molar refractivity (Wildman–Crippen MR) is 73.2 cm³/mol. The fourth-order valence-electron chi connectivity index (χ4n) is 2.71. The average Bonchev–Trinajstić information content (AvgIpc) is 2.98. The van der Waals surface area contributed by atoms with Crippen LogP contribution in [-0.4, -0.2) is 66.9 Å². The number of likely N-dealkylation sites (tertiary alicyclic amines) is 1. The van der Waals surface area contributed by atoms with Crippen LogP contribution in [0.25, 0.3) is 0 Å². The Hall–Kier alpha value is -0.810. The van der Waals surface area contributed by atoms with Crippen LogP contribution in [0, 0.1) is 0 Å². The van der Waals surface area contributed by atoms with E-state index < -0.39 is 5.60 Å². The Morgan fingerprint density at radius 1 is 1.32 bits per heavy atom. The second-order valence-electron chi connectivity index (χ2n) is 6.55. The summed E-state index contributed by atoms with van der Waals surface area (Å²) >= 11 is 0. The zero-order valence-corrected chi connectivity index (χ0v) is 12.5. The normalized spacial score (nSPS) is 28.2. The molecule has 0 radical (unpaired) electrons. The van der Waals surface area contributed by atoms with Gasteiger partial charge in [-0.25, -0.2) is 4.79 Å². The molecule has 19 heavy (non-hydrogen) atoms. The van der Waals surface area contributed by atoms with E-state index in [-0.39, 0.29) is 6.09 Å². The summed E-state index contributed by atoms with van der Waals surface area (Å²) in [6, 6.07) is 0.933. The predicted octanol–water partition coefficient (Wildman–Crippen LogP) is 1.72. The molecule has 2 aliphatic rings. The summed E-state index contributed by atoms with van der Waals surface area (Å²) in [6.07, 6.45) is 1.93. The molecular weight excluding hydrogens is 244 g/mol. The van der Waals surface area contributed by atoms with E-state index in [1.165, 1.54) is 0 Å². The molecule has 110 valence electrons. The smallest absolute Gasteiger partial charge is 0.410 e. The van der Waals surface area contributed by atoms with Gasteiger partial charge in [0.1, 0.15) is 5.60 Å². The Morgan fingerprint density at radius 2 is 2.05 bits per heavy atom. The monoisotopic (exact) mass is 270 g/mol. The van der Waals surface area contributed by atoms with E-state index in [2.05, 4.69) is 11.9 Å². The van der Waals surface area contributed by atoms with Crippen molar-refractivity contribution in [3.8, 4) is 0 Å². The quantitative estimate of drug-likeness (QED) is 0.766. The zero-order chi connectivity index (χ0) is 14.0. The fourth-order valence-corrected chi connectivity index (χ4v) is 2.71. The lowest BCUT2D eigenvalue weighted by Crippen LogP contribution is -2.43. The third-order valence-electron chi connectivity index (χ3n) is 3.87. The van der Waals surface area contributed by atoms with Crippen LogP contribution in [0.4, 0.5) is 4.79 Å². The minimum absolute atomic E-state index is 0.189. The molecular formula is C14H26N2O3. The third-order valence-corrected chi connectivity index (χ3v) is 3.87. The van der Waals surface area contributed by atoms with Gasteiger partial charge in [-0.2, -0.15) is 0 Å². The van der Waals surface area contributed by atoms with Gasteiger partial charge in [0.15, 0.2) is 0 Å². The third kappa shape index (κ3) is 3.83. The van der Waals surface area contributed by atoms with Crippen LogP contribution >= 0.6 is 0 Å². The lowest BCUT2D eigenvalue weighted by atomic mass is 10.1. The van der Waals surface area contributed by atoms with Gasteiger partial charge in [-0.15, -0.1) is 0 Å². The van der Waals surface area contributed by atoms with Crippen molar-refractivity contribution in [3.05, 3.63) is 0 Å². The number of carbonyl (C=O) groups is 1. The number of amides is 1. The van der Waals surface area contributed by atoms with Gasteiger partial charge in [-0.05, 0) is 40.7 Å². The Morgan fingerprint density at radius 3 is 2.63 bits per heavy atom. The van der Waals surface area contributed by atoms with Crippen LogP contribution in [0.5, 0.6) is 0 Å². The van der Waals surface area contributed by atoms with Crippen molar-refractivity contribution in [2.75, 3.05) is 33.4 Å². The number of hydrogen-bond donors (Lipinski definition) is 0. The van der Waals surface area contributed by atoms with Crippen molar-refractivity contribution in [2.45, 2.75) is 51.3 Å². The molecule has 2 rings (SSSR count). The van der Waals surface area contributed by atoms with Gasteiger partial charge in [0.2, 0.25) is 0 Å². The van der Waals surface area contributed by atoms with E-state index >= 15 is 0 Å². The molecule has 0 bridgehead atoms. The van der Waals surface area contributed by atoms with Gasteiger partial charge in [0.05, 0.1) is 6.61 Å². The SMILES string of the molecule is CN(C1CCOC1)[C@H]1CCN(C(=O)OC(C)(C)C)C1. The maximum absolute atomic E-state index is 12.0. The first-order chi connectivity index (χ1) is 8.87. The molecule has 1 unspecified atom stereocenters. The summed E-state index contributed by atoms with van der Waals surface area (Å²) in [5.41, 5.74) is -0.416.